The molecular formula is C19H17ClN6O3. The molecule has 1 amide bonds. The molecule has 0 atom stereocenters. The van der Waals surface area contributed by atoms with Crippen molar-refractivity contribution in [1.29, 1.82) is 0 Å². The van der Waals surface area contributed by atoms with Gasteiger partial charge in [0.15, 0.2) is 0 Å². The summed E-state index contributed by atoms with van der Waals surface area (Å²) in [4.78, 5) is 31.2. The van der Waals surface area contributed by atoms with Crippen LogP contribution in [0.2, 0.25) is 5.02 Å². The first kappa shape index (κ1) is 20.0. The first-order valence-electron chi connectivity index (χ1n) is 8.51. The number of hydrogen-bond acceptors (Lipinski definition) is 7. The SMILES string of the molecule is Cc1cc(Cl)ccc1Nc1ncnc(NNC(=O)c2ccccc2C)c1[N+](=O)[O-]. The number of rotatable bonds is 6. The molecule has 2 aromatic carbocycles. The number of halogens is 1. The Morgan fingerprint density at radius 1 is 1.07 bits per heavy atom. The zero-order chi connectivity index (χ0) is 21.0. The van der Waals surface area contributed by atoms with Crippen molar-refractivity contribution in [2.24, 2.45) is 0 Å². The third-order valence-corrected chi connectivity index (χ3v) is 4.37. The van der Waals surface area contributed by atoms with Gasteiger partial charge in [0.05, 0.1) is 4.92 Å². The Balaban J connectivity index is 1.86. The maximum Gasteiger partial charge on any atom is 0.355 e. The Kier molecular flexibility index (Phi) is 5.89. The Labute approximate surface area is 171 Å². The molecule has 0 bridgehead atoms. The molecule has 0 spiro atoms. The molecule has 1 heterocycles. The average molecular weight is 413 g/mol. The van der Waals surface area contributed by atoms with E-state index in [1.165, 1.54) is 0 Å². The molecule has 0 saturated heterocycles. The molecule has 0 aliphatic rings. The molecule has 0 radical (unpaired) electrons. The molecular weight excluding hydrogens is 396 g/mol. The number of aryl methyl sites for hydroxylation is 2. The van der Waals surface area contributed by atoms with Gasteiger partial charge in [-0.2, -0.15) is 0 Å². The fraction of sp³-hybridized carbons (Fsp3) is 0.105. The maximum absolute atomic E-state index is 12.4. The first-order chi connectivity index (χ1) is 13.9. The smallest absolute Gasteiger partial charge is 0.334 e. The number of benzene rings is 2. The normalized spacial score (nSPS) is 10.3. The van der Waals surface area contributed by atoms with Crippen LogP contribution < -0.4 is 16.2 Å². The fourth-order valence-electron chi connectivity index (χ4n) is 2.64. The zero-order valence-electron chi connectivity index (χ0n) is 15.6. The number of nitro groups is 1. The number of aromatic nitrogens is 2. The van der Waals surface area contributed by atoms with E-state index >= 15 is 0 Å². The summed E-state index contributed by atoms with van der Waals surface area (Å²) in [7, 11) is 0. The number of anilines is 3. The highest BCUT2D eigenvalue weighted by molar-refractivity contribution is 6.30. The minimum absolute atomic E-state index is 0.0249. The number of carbonyl (C=O) groups excluding carboxylic acids is 1. The number of amides is 1. The van der Waals surface area contributed by atoms with Gasteiger partial charge in [0.25, 0.3) is 5.91 Å². The van der Waals surface area contributed by atoms with Gasteiger partial charge in [0, 0.05) is 16.3 Å². The lowest BCUT2D eigenvalue weighted by Gasteiger charge is -2.12. The van der Waals surface area contributed by atoms with Crippen LogP contribution in [-0.2, 0) is 0 Å². The first-order valence-corrected chi connectivity index (χ1v) is 8.89. The highest BCUT2D eigenvalue weighted by Crippen LogP contribution is 2.32. The van der Waals surface area contributed by atoms with Crippen molar-refractivity contribution in [1.82, 2.24) is 15.4 Å². The van der Waals surface area contributed by atoms with Crippen molar-refractivity contribution in [3.63, 3.8) is 0 Å². The van der Waals surface area contributed by atoms with Crippen molar-refractivity contribution >= 4 is 40.5 Å². The van der Waals surface area contributed by atoms with Gasteiger partial charge in [-0.15, -0.1) is 0 Å². The van der Waals surface area contributed by atoms with E-state index < -0.39 is 16.5 Å². The number of hydrazine groups is 1. The van der Waals surface area contributed by atoms with Gasteiger partial charge in [-0.25, -0.2) is 9.97 Å². The van der Waals surface area contributed by atoms with E-state index in [1.54, 1.807) is 43.3 Å². The van der Waals surface area contributed by atoms with E-state index in [1.807, 2.05) is 13.0 Å². The standard InChI is InChI=1S/C19H17ClN6O3/c1-11-5-3-4-6-14(11)19(27)25-24-18-16(26(28)29)17(21-10-22-18)23-15-8-7-13(20)9-12(15)2/h3-10H,1-2H3,(H,25,27)(H2,21,22,23,24). The van der Waals surface area contributed by atoms with Gasteiger partial charge in [-0.1, -0.05) is 29.8 Å². The van der Waals surface area contributed by atoms with Crippen LogP contribution in [0.15, 0.2) is 48.8 Å². The summed E-state index contributed by atoms with van der Waals surface area (Å²) in [6.45, 7) is 3.60. The maximum atomic E-state index is 12.4. The number of nitrogens with zero attached hydrogens (tertiary/aromatic N) is 3. The van der Waals surface area contributed by atoms with E-state index in [0.717, 1.165) is 17.5 Å². The van der Waals surface area contributed by atoms with E-state index in [4.69, 9.17) is 11.6 Å². The van der Waals surface area contributed by atoms with Crippen LogP contribution >= 0.6 is 11.6 Å². The predicted octanol–water partition coefficient (Wildman–Crippen LogP) is 4.16. The summed E-state index contributed by atoms with van der Waals surface area (Å²) in [6, 6.07) is 12.0. The van der Waals surface area contributed by atoms with Crippen molar-refractivity contribution in [3.05, 3.63) is 80.6 Å². The second-order valence-corrected chi connectivity index (χ2v) is 6.59. The fourth-order valence-corrected chi connectivity index (χ4v) is 2.87. The van der Waals surface area contributed by atoms with Crippen LogP contribution in [0.3, 0.4) is 0 Å². The minimum Gasteiger partial charge on any atom is -0.334 e. The highest BCUT2D eigenvalue weighted by atomic mass is 35.5. The second-order valence-electron chi connectivity index (χ2n) is 6.15. The molecule has 0 aliphatic carbocycles. The Morgan fingerprint density at radius 3 is 2.48 bits per heavy atom. The predicted molar refractivity (Wildman–Crippen MR) is 110 cm³/mol. The molecule has 10 heteroatoms. The third kappa shape index (κ3) is 4.58. The highest BCUT2D eigenvalue weighted by Gasteiger charge is 2.24. The summed E-state index contributed by atoms with van der Waals surface area (Å²) in [5.41, 5.74) is 7.13. The van der Waals surface area contributed by atoms with Gasteiger partial charge < -0.3 is 5.32 Å². The van der Waals surface area contributed by atoms with Crippen molar-refractivity contribution in [3.8, 4) is 0 Å². The lowest BCUT2D eigenvalue weighted by Crippen LogP contribution is -2.30. The quantitative estimate of drug-likeness (QED) is 0.410. The zero-order valence-corrected chi connectivity index (χ0v) is 16.3. The van der Waals surface area contributed by atoms with Crippen LogP contribution in [0, 0.1) is 24.0 Å². The molecule has 148 valence electrons. The summed E-state index contributed by atoms with van der Waals surface area (Å²) < 4.78 is 0. The van der Waals surface area contributed by atoms with Crippen molar-refractivity contribution in [2.75, 3.05) is 10.7 Å². The van der Waals surface area contributed by atoms with Gasteiger partial charge in [0.2, 0.25) is 11.6 Å². The molecule has 3 N–H and O–H groups in total. The molecule has 3 aromatic rings. The monoisotopic (exact) mass is 412 g/mol. The van der Waals surface area contributed by atoms with Gasteiger partial charge >= 0.3 is 5.69 Å². The molecule has 9 nitrogen and oxygen atoms in total. The van der Waals surface area contributed by atoms with Gasteiger partial charge in [-0.3, -0.25) is 25.8 Å². The van der Waals surface area contributed by atoms with Crippen molar-refractivity contribution < 1.29 is 9.72 Å². The number of hydrogen-bond donors (Lipinski definition) is 3. The van der Waals surface area contributed by atoms with Crippen LogP contribution in [0.25, 0.3) is 0 Å². The number of carbonyl (C=O) groups is 1. The molecule has 0 saturated carbocycles. The molecule has 1 aromatic heterocycles. The summed E-state index contributed by atoms with van der Waals surface area (Å²) >= 11 is 5.95. The molecule has 0 fully saturated rings. The Morgan fingerprint density at radius 2 is 1.79 bits per heavy atom. The summed E-state index contributed by atoms with van der Waals surface area (Å²) in [5.74, 6) is -0.622. The minimum atomic E-state index is -0.629. The molecule has 3 rings (SSSR count). The average Bonchev–Trinajstić information content (AvgIpc) is 2.68. The Bertz CT molecular complexity index is 1090. The molecule has 29 heavy (non-hydrogen) atoms. The van der Waals surface area contributed by atoms with Crippen LogP contribution in [0.1, 0.15) is 21.5 Å². The molecule has 0 aliphatic heterocycles. The lowest BCUT2D eigenvalue weighted by atomic mass is 10.1. The summed E-state index contributed by atoms with van der Waals surface area (Å²) in [6.07, 6.45) is 1.16. The van der Waals surface area contributed by atoms with Gasteiger partial charge in [0.1, 0.15) is 6.33 Å². The van der Waals surface area contributed by atoms with Crippen LogP contribution in [-0.4, -0.2) is 20.8 Å². The lowest BCUT2D eigenvalue weighted by molar-refractivity contribution is -0.383. The number of nitrogens with one attached hydrogen (secondary N) is 3. The van der Waals surface area contributed by atoms with E-state index in [-0.39, 0.29) is 11.6 Å². The second kappa shape index (κ2) is 8.53. The summed E-state index contributed by atoms with van der Waals surface area (Å²) in [5, 5.41) is 15.1. The van der Waals surface area contributed by atoms with Crippen molar-refractivity contribution in [2.45, 2.75) is 13.8 Å². The van der Waals surface area contributed by atoms with E-state index in [2.05, 4.69) is 26.1 Å². The van der Waals surface area contributed by atoms with E-state index in [0.29, 0.717) is 16.3 Å². The van der Waals surface area contributed by atoms with E-state index in [9.17, 15) is 14.9 Å². The largest absolute Gasteiger partial charge is 0.355 e. The molecule has 0 unspecified atom stereocenters. The van der Waals surface area contributed by atoms with Crippen LogP contribution in [0.4, 0.5) is 23.0 Å². The third-order valence-electron chi connectivity index (χ3n) is 4.13. The topological polar surface area (TPSA) is 122 Å². The van der Waals surface area contributed by atoms with Crippen LogP contribution in [0.5, 0.6) is 0 Å². The Hall–Kier alpha value is -3.72. The van der Waals surface area contributed by atoms with Gasteiger partial charge in [-0.05, 0) is 49.2 Å².